The minimum atomic E-state index is -0.505. The number of nitrogens with one attached hydrogen (secondary N) is 2. The molecule has 1 aliphatic rings. The number of benzene rings is 1. The lowest BCUT2D eigenvalue weighted by Gasteiger charge is -2.12. The zero-order valence-corrected chi connectivity index (χ0v) is 18.0. The number of hydrogen-bond acceptors (Lipinski definition) is 5. The number of methoxy groups -OCH3 is 1. The Labute approximate surface area is 173 Å². The third kappa shape index (κ3) is 4.02. The molecule has 0 radical (unpaired) electrons. The third-order valence-electron chi connectivity index (χ3n) is 4.72. The Morgan fingerprint density at radius 3 is 2.57 bits per heavy atom. The van der Waals surface area contributed by atoms with Crippen molar-refractivity contribution in [1.82, 2.24) is 4.90 Å². The van der Waals surface area contributed by atoms with E-state index in [1.54, 1.807) is 21.0 Å². The van der Waals surface area contributed by atoms with Gasteiger partial charge in [0.2, 0.25) is 0 Å². The number of carbonyl (C=O) groups is 2. The van der Waals surface area contributed by atoms with E-state index in [0.717, 1.165) is 18.5 Å². The summed E-state index contributed by atoms with van der Waals surface area (Å²) < 4.78 is 4.90. The van der Waals surface area contributed by atoms with Crippen LogP contribution < -0.4 is 10.6 Å². The zero-order chi connectivity index (χ0) is 20.4. The molecule has 0 bridgehead atoms. The van der Waals surface area contributed by atoms with Crippen molar-refractivity contribution in [3.05, 3.63) is 45.3 Å². The normalized spacial score (nSPS) is 12.3. The van der Waals surface area contributed by atoms with Crippen molar-refractivity contribution in [3.8, 4) is 0 Å². The summed E-state index contributed by atoms with van der Waals surface area (Å²) in [5.74, 6) is -0.674. The van der Waals surface area contributed by atoms with E-state index >= 15 is 0 Å². The summed E-state index contributed by atoms with van der Waals surface area (Å²) in [5, 5.41) is 7.08. The second-order valence-corrected chi connectivity index (χ2v) is 8.30. The van der Waals surface area contributed by atoms with Crippen LogP contribution in [0.3, 0.4) is 0 Å². The molecule has 1 aromatic heterocycles. The quantitative estimate of drug-likeness (QED) is 0.582. The minimum absolute atomic E-state index is 0.168. The summed E-state index contributed by atoms with van der Waals surface area (Å²) in [4.78, 5) is 26.7. The van der Waals surface area contributed by atoms with Gasteiger partial charge in [-0.2, -0.15) is 0 Å². The molecular formula is C20H23N3O3S2. The monoisotopic (exact) mass is 417 g/mol. The Morgan fingerprint density at radius 2 is 1.89 bits per heavy atom. The van der Waals surface area contributed by atoms with Crippen molar-refractivity contribution in [1.29, 1.82) is 0 Å². The molecule has 8 heteroatoms. The lowest BCUT2D eigenvalue weighted by molar-refractivity contribution is 0.0601. The van der Waals surface area contributed by atoms with Crippen molar-refractivity contribution in [3.63, 3.8) is 0 Å². The molecule has 28 heavy (non-hydrogen) atoms. The van der Waals surface area contributed by atoms with Gasteiger partial charge in [-0.15, -0.1) is 11.3 Å². The Hall–Kier alpha value is -2.45. The minimum Gasteiger partial charge on any atom is -0.465 e. The number of rotatable bonds is 4. The average molecular weight is 418 g/mol. The maximum atomic E-state index is 12.4. The Kier molecular flexibility index (Phi) is 6.00. The van der Waals surface area contributed by atoms with Crippen molar-refractivity contribution >= 4 is 51.2 Å². The van der Waals surface area contributed by atoms with Gasteiger partial charge in [0.25, 0.3) is 5.91 Å². The molecule has 6 nitrogen and oxygen atoms in total. The molecule has 1 heterocycles. The van der Waals surface area contributed by atoms with Crippen LogP contribution in [0.25, 0.3) is 0 Å². The number of anilines is 2. The molecule has 3 rings (SSSR count). The van der Waals surface area contributed by atoms with Crippen LogP contribution in [-0.4, -0.2) is 43.1 Å². The predicted octanol–water partition coefficient (Wildman–Crippen LogP) is 3.84. The van der Waals surface area contributed by atoms with Gasteiger partial charge in [-0.1, -0.05) is 6.07 Å². The molecule has 0 unspecified atom stereocenters. The van der Waals surface area contributed by atoms with E-state index in [0.29, 0.717) is 26.1 Å². The van der Waals surface area contributed by atoms with Crippen LogP contribution in [0.2, 0.25) is 0 Å². The number of hydrogen-bond donors (Lipinski definition) is 2. The van der Waals surface area contributed by atoms with E-state index in [-0.39, 0.29) is 5.91 Å². The Morgan fingerprint density at radius 1 is 1.18 bits per heavy atom. The number of nitrogens with zero attached hydrogens (tertiary/aromatic N) is 1. The summed E-state index contributed by atoms with van der Waals surface area (Å²) in [5.41, 5.74) is 4.54. The lowest BCUT2D eigenvalue weighted by atomic mass is 10.1. The van der Waals surface area contributed by atoms with Gasteiger partial charge < -0.3 is 20.3 Å². The van der Waals surface area contributed by atoms with E-state index in [4.69, 9.17) is 17.0 Å². The highest BCUT2D eigenvalue weighted by Crippen LogP contribution is 2.34. The first-order chi connectivity index (χ1) is 13.3. The number of carbonyl (C=O) groups excluding carboxylic acids is 2. The van der Waals surface area contributed by atoms with Gasteiger partial charge in [0.05, 0.1) is 17.6 Å². The summed E-state index contributed by atoms with van der Waals surface area (Å²) in [7, 11) is 4.66. The van der Waals surface area contributed by atoms with E-state index in [1.165, 1.54) is 40.9 Å². The molecule has 2 aromatic rings. The number of thiocarbonyl (C=S) groups is 1. The maximum Gasteiger partial charge on any atom is 0.341 e. The van der Waals surface area contributed by atoms with Crippen LogP contribution in [0.4, 0.5) is 10.7 Å². The molecule has 0 saturated heterocycles. The van der Waals surface area contributed by atoms with Gasteiger partial charge in [-0.3, -0.25) is 4.79 Å². The van der Waals surface area contributed by atoms with Crippen LogP contribution in [0, 0.1) is 6.92 Å². The SMILES string of the molecule is COC(=O)c1c(NC(=S)Nc2ccc3c(c2)CCC3)sc(C(=O)N(C)C)c1C. The largest absolute Gasteiger partial charge is 0.465 e. The number of thiophene rings is 1. The van der Waals surface area contributed by atoms with Crippen molar-refractivity contribution in [2.75, 3.05) is 31.8 Å². The number of esters is 1. The van der Waals surface area contributed by atoms with E-state index < -0.39 is 5.97 Å². The first-order valence-electron chi connectivity index (χ1n) is 8.95. The molecule has 1 amide bonds. The van der Waals surface area contributed by atoms with Crippen LogP contribution in [0.15, 0.2) is 18.2 Å². The van der Waals surface area contributed by atoms with Gasteiger partial charge >= 0.3 is 5.97 Å². The number of aryl methyl sites for hydroxylation is 2. The average Bonchev–Trinajstić information content (AvgIpc) is 3.24. The highest BCUT2D eigenvalue weighted by atomic mass is 32.1. The van der Waals surface area contributed by atoms with Crippen molar-refractivity contribution in [2.24, 2.45) is 0 Å². The smallest absolute Gasteiger partial charge is 0.341 e. The molecule has 0 atom stereocenters. The van der Waals surface area contributed by atoms with Crippen LogP contribution in [0.1, 0.15) is 43.1 Å². The van der Waals surface area contributed by atoms with Crippen LogP contribution in [-0.2, 0) is 17.6 Å². The topological polar surface area (TPSA) is 70.7 Å². The summed E-state index contributed by atoms with van der Waals surface area (Å²) in [6, 6.07) is 6.23. The molecular weight excluding hydrogens is 394 g/mol. The van der Waals surface area contributed by atoms with Crippen LogP contribution in [0.5, 0.6) is 0 Å². The van der Waals surface area contributed by atoms with Crippen LogP contribution >= 0.6 is 23.6 Å². The molecule has 0 fully saturated rings. The second kappa shape index (κ2) is 8.28. The highest BCUT2D eigenvalue weighted by molar-refractivity contribution is 7.80. The fourth-order valence-electron chi connectivity index (χ4n) is 3.27. The van der Waals surface area contributed by atoms with Gasteiger partial charge in [-0.05, 0) is 67.2 Å². The van der Waals surface area contributed by atoms with Gasteiger partial charge in [0, 0.05) is 19.8 Å². The van der Waals surface area contributed by atoms with Gasteiger partial charge in [0.15, 0.2) is 5.11 Å². The molecule has 1 aliphatic carbocycles. The highest BCUT2D eigenvalue weighted by Gasteiger charge is 2.26. The van der Waals surface area contributed by atoms with Gasteiger partial charge in [-0.25, -0.2) is 4.79 Å². The van der Waals surface area contributed by atoms with Gasteiger partial charge in [0.1, 0.15) is 5.00 Å². The Balaban J connectivity index is 1.84. The summed E-state index contributed by atoms with van der Waals surface area (Å²) in [6.45, 7) is 1.74. The van der Waals surface area contributed by atoms with E-state index in [2.05, 4.69) is 22.8 Å². The molecule has 0 aliphatic heterocycles. The molecule has 2 N–H and O–H groups in total. The summed E-state index contributed by atoms with van der Waals surface area (Å²) in [6.07, 6.45) is 3.39. The number of amides is 1. The van der Waals surface area contributed by atoms with Crippen molar-refractivity contribution in [2.45, 2.75) is 26.2 Å². The Bertz CT molecular complexity index is 950. The fraction of sp³-hybridized carbons (Fsp3) is 0.350. The second-order valence-electron chi connectivity index (χ2n) is 6.87. The predicted molar refractivity (Wildman–Crippen MR) is 117 cm³/mol. The number of fused-ring (bicyclic) bond motifs is 1. The van der Waals surface area contributed by atoms with Crippen molar-refractivity contribution < 1.29 is 14.3 Å². The zero-order valence-electron chi connectivity index (χ0n) is 16.3. The number of ether oxygens (including phenoxy) is 1. The van der Waals surface area contributed by atoms with E-state index in [1.807, 2.05) is 6.07 Å². The first kappa shape index (κ1) is 20.3. The first-order valence-corrected chi connectivity index (χ1v) is 10.2. The van der Waals surface area contributed by atoms with E-state index in [9.17, 15) is 9.59 Å². The molecule has 148 valence electrons. The lowest BCUT2D eigenvalue weighted by Crippen LogP contribution is -2.21. The molecule has 1 aromatic carbocycles. The molecule has 0 spiro atoms. The maximum absolute atomic E-state index is 12.4. The standard InChI is InChI=1S/C20H23N3O3S2/c1-11-15(19(25)26-4)17(28-16(11)18(24)23(2)3)22-20(27)21-14-9-8-12-6-5-7-13(12)10-14/h8-10H,5-7H2,1-4H3,(H2,21,22,27). The summed E-state index contributed by atoms with van der Waals surface area (Å²) >= 11 is 6.63. The molecule has 0 saturated carbocycles. The third-order valence-corrected chi connectivity index (χ3v) is 6.12. The fourth-order valence-corrected chi connectivity index (χ4v) is 4.78.